The smallest absolute Gasteiger partial charge is 0.273 e. The van der Waals surface area contributed by atoms with Crippen molar-refractivity contribution in [1.82, 2.24) is 29.2 Å². The molecule has 1 saturated carbocycles. The number of rotatable bonds is 6. The van der Waals surface area contributed by atoms with Gasteiger partial charge in [-0.15, -0.1) is 0 Å². The number of aromatic nitrogens is 4. The number of carbonyl (C=O) groups is 2. The molecular formula is C31H32FN7O4S. The zero-order chi connectivity index (χ0) is 30.7. The Balaban J connectivity index is 1.15. The lowest BCUT2D eigenvalue weighted by molar-refractivity contribution is -0.122. The quantitative estimate of drug-likeness (QED) is 0.326. The van der Waals surface area contributed by atoms with Crippen LogP contribution in [0.3, 0.4) is 0 Å². The zero-order valence-electron chi connectivity index (χ0n) is 24.4. The molecule has 228 valence electrons. The van der Waals surface area contributed by atoms with E-state index in [2.05, 4.69) is 22.2 Å². The molecule has 1 aromatic carbocycles. The van der Waals surface area contributed by atoms with Crippen LogP contribution < -0.4 is 9.62 Å². The third-order valence-corrected chi connectivity index (χ3v) is 9.38. The SMILES string of the molecule is C[C@@H]1c2ccccc2CCN1C(=O)c1cc(C2CC2)n2nc(-c3ccc(N4CC[C@H](C(=O)NS(C)(=O)=O)C4)nc3F)cc2n1. The second kappa shape index (κ2) is 10.7. The average molecular weight is 618 g/mol. The number of hydrogen-bond donors (Lipinski definition) is 1. The number of halogens is 1. The highest BCUT2D eigenvalue weighted by Crippen LogP contribution is 2.41. The summed E-state index contributed by atoms with van der Waals surface area (Å²) in [6.45, 7) is 3.32. The molecule has 0 radical (unpaired) electrons. The van der Waals surface area contributed by atoms with Gasteiger partial charge in [-0.25, -0.2) is 22.9 Å². The van der Waals surface area contributed by atoms with E-state index in [1.807, 2.05) is 34.7 Å². The van der Waals surface area contributed by atoms with Crippen molar-refractivity contribution in [3.63, 3.8) is 0 Å². The molecular weight excluding hydrogens is 585 g/mol. The van der Waals surface area contributed by atoms with Crippen molar-refractivity contribution in [2.24, 2.45) is 5.92 Å². The molecule has 0 spiro atoms. The van der Waals surface area contributed by atoms with Crippen LogP contribution in [0.1, 0.15) is 65.5 Å². The van der Waals surface area contributed by atoms with Crippen molar-refractivity contribution in [1.29, 1.82) is 0 Å². The third kappa shape index (κ3) is 5.29. The average Bonchev–Trinajstić information content (AvgIpc) is 3.54. The Hall–Kier alpha value is -4.39. The molecule has 2 atom stereocenters. The van der Waals surface area contributed by atoms with Gasteiger partial charge < -0.3 is 9.80 Å². The first kappa shape index (κ1) is 28.4. The number of anilines is 1. The number of benzene rings is 1. The highest BCUT2D eigenvalue weighted by molar-refractivity contribution is 7.89. The summed E-state index contributed by atoms with van der Waals surface area (Å²) >= 11 is 0. The molecule has 4 aromatic rings. The molecule has 0 unspecified atom stereocenters. The van der Waals surface area contributed by atoms with Crippen molar-refractivity contribution in [2.45, 2.75) is 44.6 Å². The molecule has 3 aromatic heterocycles. The highest BCUT2D eigenvalue weighted by Gasteiger charge is 2.33. The van der Waals surface area contributed by atoms with Crippen LogP contribution in [0, 0.1) is 11.9 Å². The van der Waals surface area contributed by atoms with Crippen molar-refractivity contribution in [2.75, 3.05) is 30.8 Å². The van der Waals surface area contributed by atoms with Crippen LogP contribution in [-0.4, -0.2) is 70.6 Å². The minimum atomic E-state index is -3.66. The molecule has 2 aliphatic heterocycles. The Morgan fingerprint density at radius 1 is 1.02 bits per heavy atom. The Bertz CT molecular complexity index is 1920. The number of carbonyl (C=O) groups excluding carboxylic acids is 2. The molecule has 44 heavy (non-hydrogen) atoms. The van der Waals surface area contributed by atoms with E-state index < -0.39 is 27.8 Å². The van der Waals surface area contributed by atoms with Crippen molar-refractivity contribution >= 4 is 33.3 Å². The predicted molar refractivity (Wildman–Crippen MR) is 161 cm³/mol. The van der Waals surface area contributed by atoms with Crippen LogP contribution in [0.25, 0.3) is 16.9 Å². The number of pyridine rings is 1. The maximum atomic E-state index is 15.5. The summed E-state index contributed by atoms with van der Waals surface area (Å²) in [5.74, 6) is -1.36. The lowest BCUT2D eigenvalue weighted by Crippen LogP contribution is -2.39. The summed E-state index contributed by atoms with van der Waals surface area (Å²) in [6, 6.07) is 14.9. The lowest BCUT2D eigenvalue weighted by Gasteiger charge is -2.35. The third-order valence-electron chi connectivity index (χ3n) is 8.80. The Kier molecular flexibility index (Phi) is 6.87. The minimum absolute atomic E-state index is 0.0750. The van der Waals surface area contributed by atoms with Gasteiger partial charge in [-0.1, -0.05) is 24.3 Å². The number of amides is 2. The minimum Gasteiger partial charge on any atom is -0.356 e. The zero-order valence-corrected chi connectivity index (χ0v) is 25.2. The van der Waals surface area contributed by atoms with Crippen LogP contribution >= 0.6 is 0 Å². The normalized spacial score (nSPS) is 20.2. The van der Waals surface area contributed by atoms with Crippen LogP contribution in [0.2, 0.25) is 0 Å². The summed E-state index contributed by atoms with van der Waals surface area (Å²) < 4.78 is 42.0. The molecule has 1 N–H and O–H groups in total. The second-order valence-corrected chi connectivity index (χ2v) is 13.7. The molecule has 0 bridgehead atoms. The predicted octanol–water partition coefficient (Wildman–Crippen LogP) is 3.47. The molecule has 3 aliphatic rings. The number of hydrogen-bond acceptors (Lipinski definition) is 8. The van der Waals surface area contributed by atoms with Crippen molar-refractivity contribution in [3.8, 4) is 11.3 Å². The molecule has 5 heterocycles. The fourth-order valence-corrected chi connectivity index (χ4v) is 6.88. The fourth-order valence-electron chi connectivity index (χ4n) is 6.35. The Labute approximate surface area is 254 Å². The maximum absolute atomic E-state index is 15.5. The molecule has 2 amide bonds. The van der Waals surface area contributed by atoms with Crippen molar-refractivity contribution in [3.05, 3.63) is 77.0 Å². The highest BCUT2D eigenvalue weighted by atomic mass is 32.2. The van der Waals surface area contributed by atoms with Crippen LogP contribution in [0.15, 0.2) is 48.5 Å². The first-order valence-electron chi connectivity index (χ1n) is 14.8. The van der Waals surface area contributed by atoms with Crippen molar-refractivity contribution < 1.29 is 22.4 Å². The van der Waals surface area contributed by atoms with Gasteiger partial charge in [-0.2, -0.15) is 9.49 Å². The number of nitrogens with one attached hydrogen (secondary N) is 1. The first-order valence-corrected chi connectivity index (χ1v) is 16.7. The summed E-state index contributed by atoms with van der Waals surface area (Å²) in [7, 11) is -3.66. The van der Waals surface area contributed by atoms with E-state index in [0.717, 1.165) is 36.8 Å². The number of sulfonamides is 1. The van der Waals surface area contributed by atoms with Gasteiger partial charge in [-0.3, -0.25) is 14.3 Å². The summed E-state index contributed by atoms with van der Waals surface area (Å²) in [5, 5.41) is 4.69. The van der Waals surface area contributed by atoms with E-state index >= 15 is 4.39 Å². The summed E-state index contributed by atoms with van der Waals surface area (Å²) in [6.07, 6.45) is 4.12. The van der Waals surface area contributed by atoms with E-state index in [1.165, 1.54) is 5.56 Å². The second-order valence-electron chi connectivity index (χ2n) is 11.9. The fraction of sp³-hybridized carbons (Fsp3) is 0.387. The largest absolute Gasteiger partial charge is 0.356 e. The van der Waals surface area contributed by atoms with Gasteiger partial charge in [0.25, 0.3) is 5.91 Å². The summed E-state index contributed by atoms with van der Waals surface area (Å²) in [5.41, 5.74) is 4.67. The molecule has 2 fully saturated rings. The van der Waals surface area contributed by atoms with E-state index in [1.54, 1.807) is 27.6 Å². The van der Waals surface area contributed by atoms with Gasteiger partial charge in [0, 0.05) is 37.3 Å². The topological polar surface area (TPSA) is 130 Å². The van der Waals surface area contributed by atoms with E-state index in [0.29, 0.717) is 42.4 Å². The van der Waals surface area contributed by atoms with E-state index in [-0.39, 0.29) is 30.0 Å². The standard InChI is InChI=1S/C31H32FN7O4S/c1-18-22-6-4-3-5-19(22)12-14-38(18)31(41)25-15-26(20-7-8-20)39-28(33-25)16-24(35-39)23-9-10-27(34-29(23)32)37-13-11-21(17-37)30(40)36-44(2,42)43/h3-6,9-10,15-16,18,20-21H,7-8,11-14,17H2,1-2H3,(H,36,40)/t18-,21+/m1/s1. The van der Waals surface area contributed by atoms with Gasteiger partial charge in [0.1, 0.15) is 11.5 Å². The number of fused-ring (bicyclic) bond motifs is 2. The first-order chi connectivity index (χ1) is 21.1. The Morgan fingerprint density at radius 2 is 1.82 bits per heavy atom. The Morgan fingerprint density at radius 3 is 2.57 bits per heavy atom. The van der Waals surface area contributed by atoms with Crippen LogP contribution in [0.5, 0.6) is 0 Å². The molecule has 7 rings (SSSR count). The monoisotopic (exact) mass is 617 g/mol. The number of nitrogens with zero attached hydrogens (tertiary/aromatic N) is 6. The van der Waals surface area contributed by atoms with Gasteiger partial charge in [-0.05, 0) is 61.9 Å². The van der Waals surface area contributed by atoms with Gasteiger partial charge >= 0.3 is 0 Å². The summed E-state index contributed by atoms with van der Waals surface area (Å²) in [4.78, 5) is 38.5. The maximum Gasteiger partial charge on any atom is 0.273 e. The van der Waals surface area contributed by atoms with Crippen LogP contribution in [0.4, 0.5) is 10.2 Å². The molecule has 1 aliphatic carbocycles. The van der Waals surface area contributed by atoms with E-state index in [9.17, 15) is 18.0 Å². The van der Waals surface area contributed by atoms with Crippen LogP contribution in [-0.2, 0) is 21.2 Å². The molecule has 11 nitrogen and oxygen atoms in total. The van der Waals surface area contributed by atoms with E-state index in [4.69, 9.17) is 4.98 Å². The van der Waals surface area contributed by atoms with Gasteiger partial charge in [0.2, 0.25) is 21.9 Å². The van der Waals surface area contributed by atoms with Gasteiger partial charge in [0.15, 0.2) is 5.65 Å². The molecule has 13 heteroatoms. The molecule has 1 saturated heterocycles. The van der Waals surface area contributed by atoms with Gasteiger partial charge in [0.05, 0.1) is 29.5 Å². The lowest BCUT2D eigenvalue weighted by atomic mass is 9.93.